The molecular formula is C12H16N4OS. The average molecular weight is 264 g/mol. The molecule has 18 heavy (non-hydrogen) atoms. The van der Waals surface area contributed by atoms with E-state index in [9.17, 15) is 4.79 Å². The number of rotatable bonds is 3. The number of carbonyl (C=O) groups excluding carboxylic acids is 1. The Morgan fingerprint density at radius 1 is 1.67 bits per heavy atom. The second-order valence-electron chi connectivity index (χ2n) is 4.40. The van der Waals surface area contributed by atoms with E-state index in [4.69, 9.17) is 18.0 Å². The van der Waals surface area contributed by atoms with Gasteiger partial charge in [0, 0.05) is 37.9 Å². The molecule has 1 fully saturated rings. The lowest BCUT2D eigenvalue weighted by Gasteiger charge is -2.19. The van der Waals surface area contributed by atoms with E-state index in [1.165, 1.54) is 0 Å². The number of hydrogen-bond acceptors (Lipinski definition) is 4. The fourth-order valence-electron chi connectivity index (χ4n) is 2.15. The highest BCUT2D eigenvalue weighted by Crippen LogP contribution is 2.20. The van der Waals surface area contributed by atoms with Gasteiger partial charge >= 0.3 is 0 Å². The average Bonchev–Trinajstić information content (AvgIpc) is 2.77. The number of nitrogens with zero attached hydrogens (tertiary/aromatic N) is 2. The first-order chi connectivity index (χ1) is 8.56. The van der Waals surface area contributed by atoms with Gasteiger partial charge in [-0.1, -0.05) is 12.2 Å². The van der Waals surface area contributed by atoms with Crippen LogP contribution in [-0.2, 0) is 4.79 Å². The molecule has 1 atom stereocenters. The van der Waals surface area contributed by atoms with E-state index in [0.717, 1.165) is 25.2 Å². The van der Waals surface area contributed by atoms with E-state index in [1.807, 2.05) is 12.1 Å². The molecule has 6 heteroatoms. The Hall–Kier alpha value is -1.69. The van der Waals surface area contributed by atoms with Crippen molar-refractivity contribution in [2.24, 2.45) is 5.73 Å². The van der Waals surface area contributed by atoms with Crippen LogP contribution in [0.5, 0.6) is 0 Å². The van der Waals surface area contributed by atoms with Gasteiger partial charge in [0.2, 0.25) is 5.91 Å². The van der Waals surface area contributed by atoms with E-state index >= 15 is 0 Å². The Bertz CT molecular complexity index is 477. The molecule has 1 aliphatic heterocycles. The summed E-state index contributed by atoms with van der Waals surface area (Å²) in [6.07, 6.45) is 2.65. The molecule has 0 aromatic carbocycles. The maximum absolute atomic E-state index is 11.0. The predicted molar refractivity (Wildman–Crippen MR) is 74.6 cm³/mol. The molecule has 1 saturated heterocycles. The molecule has 2 rings (SSSR count). The first kappa shape index (κ1) is 12.8. The van der Waals surface area contributed by atoms with Crippen molar-refractivity contribution >= 4 is 28.8 Å². The van der Waals surface area contributed by atoms with E-state index in [1.54, 1.807) is 13.1 Å². The van der Waals surface area contributed by atoms with Crippen LogP contribution in [0.1, 0.15) is 19.0 Å². The minimum absolute atomic E-state index is 0.0143. The number of nitrogens with one attached hydrogen (secondary N) is 1. The van der Waals surface area contributed by atoms with Gasteiger partial charge in [0.25, 0.3) is 0 Å². The Labute approximate surface area is 111 Å². The third-order valence-electron chi connectivity index (χ3n) is 2.96. The summed E-state index contributed by atoms with van der Waals surface area (Å²) in [6, 6.07) is 4.03. The fourth-order valence-corrected chi connectivity index (χ4v) is 2.26. The lowest BCUT2D eigenvalue weighted by Crippen LogP contribution is -2.35. The van der Waals surface area contributed by atoms with Crippen molar-refractivity contribution in [1.29, 1.82) is 0 Å². The number of nitrogens with two attached hydrogens (primary N) is 1. The van der Waals surface area contributed by atoms with Gasteiger partial charge in [-0.3, -0.25) is 9.78 Å². The van der Waals surface area contributed by atoms with Gasteiger partial charge in [-0.15, -0.1) is 0 Å². The Morgan fingerprint density at radius 3 is 3.11 bits per heavy atom. The quantitative estimate of drug-likeness (QED) is 0.775. The van der Waals surface area contributed by atoms with Crippen LogP contribution >= 0.6 is 12.2 Å². The number of amides is 1. The minimum atomic E-state index is 0.0143. The topological polar surface area (TPSA) is 71.2 Å². The maximum Gasteiger partial charge on any atom is 0.217 e. The van der Waals surface area contributed by atoms with E-state index < -0.39 is 0 Å². The molecule has 3 N–H and O–H groups in total. The second kappa shape index (κ2) is 5.30. The minimum Gasteiger partial charge on any atom is -0.388 e. The molecule has 5 nitrogen and oxygen atoms in total. The molecule has 1 aromatic rings. The van der Waals surface area contributed by atoms with Crippen molar-refractivity contribution in [3.8, 4) is 0 Å². The first-order valence-corrected chi connectivity index (χ1v) is 6.25. The number of hydrogen-bond donors (Lipinski definition) is 2. The number of pyridine rings is 1. The maximum atomic E-state index is 11.0. The second-order valence-corrected chi connectivity index (χ2v) is 4.84. The predicted octanol–water partition coefficient (Wildman–Crippen LogP) is 0.431. The number of aromatic nitrogens is 1. The lowest BCUT2D eigenvalue weighted by molar-refractivity contribution is -0.119. The van der Waals surface area contributed by atoms with Crippen LogP contribution in [0.15, 0.2) is 18.3 Å². The van der Waals surface area contributed by atoms with Gasteiger partial charge in [-0.05, 0) is 18.6 Å². The highest BCUT2D eigenvalue weighted by Gasteiger charge is 2.23. The Morgan fingerprint density at radius 2 is 2.44 bits per heavy atom. The monoisotopic (exact) mass is 264 g/mol. The van der Waals surface area contributed by atoms with Crippen molar-refractivity contribution < 1.29 is 4.79 Å². The zero-order chi connectivity index (χ0) is 13.1. The van der Waals surface area contributed by atoms with E-state index in [2.05, 4.69) is 15.2 Å². The van der Waals surface area contributed by atoms with Crippen molar-refractivity contribution in [2.45, 2.75) is 19.4 Å². The SMILES string of the molecule is CC(=O)NC1CCN(c2ccnc(C(N)=S)c2)C1. The molecule has 0 saturated carbocycles. The van der Waals surface area contributed by atoms with Gasteiger partial charge in [0.1, 0.15) is 4.99 Å². The first-order valence-electron chi connectivity index (χ1n) is 5.84. The zero-order valence-corrected chi connectivity index (χ0v) is 11.0. The lowest BCUT2D eigenvalue weighted by atomic mass is 10.2. The summed E-state index contributed by atoms with van der Waals surface area (Å²) in [4.78, 5) is 17.6. The normalized spacial score (nSPS) is 18.7. The third-order valence-corrected chi connectivity index (χ3v) is 3.17. The van der Waals surface area contributed by atoms with Crippen LogP contribution in [0.2, 0.25) is 0 Å². The molecule has 1 unspecified atom stereocenters. The largest absolute Gasteiger partial charge is 0.388 e. The molecule has 0 aliphatic carbocycles. The van der Waals surface area contributed by atoms with Crippen molar-refractivity contribution in [3.05, 3.63) is 24.0 Å². The Balaban J connectivity index is 2.07. The number of carbonyl (C=O) groups is 1. The van der Waals surface area contributed by atoms with E-state index in [0.29, 0.717) is 10.7 Å². The van der Waals surface area contributed by atoms with Crippen molar-refractivity contribution in [2.75, 3.05) is 18.0 Å². The standard InChI is InChI=1S/C12H16N4OS/c1-8(17)15-9-3-5-16(7-9)10-2-4-14-11(6-10)12(13)18/h2,4,6,9H,3,5,7H2,1H3,(H2,13,18)(H,15,17). The molecule has 1 aromatic heterocycles. The molecule has 0 bridgehead atoms. The Kier molecular flexibility index (Phi) is 3.76. The van der Waals surface area contributed by atoms with Crippen molar-refractivity contribution in [3.63, 3.8) is 0 Å². The number of thiocarbonyl (C=S) groups is 1. The molecule has 2 heterocycles. The fraction of sp³-hybridized carbons (Fsp3) is 0.417. The summed E-state index contributed by atoms with van der Waals surface area (Å²) >= 11 is 4.92. The highest BCUT2D eigenvalue weighted by atomic mass is 32.1. The summed E-state index contributed by atoms with van der Waals surface area (Å²) < 4.78 is 0. The van der Waals surface area contributed by atoms with Crippen LogP contribution in [0.25, 0.3) is 0 Å². The van der Waals surface area contributed by atoms with Gasteiger partial charge in [-0.2, -0.15) is 0 Å². The molecule has 0 radical (unpaired) electrons. The molecule has 1 aliphatic rings. The van der Waals surface area contributed by atoms with Crippen molar-refractivity contribution in [1.82, 2.24) is 10.3 Å². The summed E-state index contributed by atoms with van der Waals surface area (Å²) in [5, 5.41) is 2.93. The molecule has 96 valence electrons. The summed E-state index contributed by atoms with van der Waals surface area (Å²) in [7, 11) is 0. The molecule has 1 amide bonds. The van der Waals surface area contributed by atoms with Gasteiger partial charge in [0.15, 0.2) is 0 Å². The van der Waals surface area contributed by atoms with Crippen LogP contribution in [-0.4, -0.2) is 35.0 Å². The van der Waals surface area contributed by atoms with Crippen LogP contribution in [0, 0.1) is 0 Å². The third kappa shape index (κ3) is 2.95. The van der Waals surface area contributed by atoms with Gasteiger partial charge < -0.3 is 16.0 Å². The smallest absolute Gasteiger partial charge is 0.217 e. The van der Waals surface area contributed by atoms with Crippen LogP contribution < -0.4 is 16.0 Å². The number of anilines is 1. The van der Waals surface area contributed by atoms with Gasteiger partial charge in [-0.25, -0.2) is 0 Å². The van der Waals surface area contributed by atoms with Crippen LogP contribution in [0.3, 0.4) is 0 Å². The highest BCUT2D eigenvalue weighted by molar-refractivity contribution is 7.80. The summed E-state index contributed by atoms with van der Waals surface area (Å²) in [5.74, 6) is 0.0143. The zero-order valence-electron chi connectivity index (χ0n) is 10.2. The van der Waals surface area contributed by atoms with E-state index in [-0.39, 0.29) is 11.9 Å². The molecular weight excluding hydrogens is 248 g/mol. The van der Waals surface area contributed by atoms with Crippen LogP contribution in [0.4, 0.5) is 5.69 Å². The summed E-state index contributed by atoms with van der Waals surface area (Å²) in [6.45, 7) is 3.26. The molecule has 0 spiro atoms. The van der Waals surface area contributed by atoms with Gasteiger partial charge in [0.05, 0.1) is 5.69 Å². The summed E-state index contributed by atoms with van der Waals surface area (Å²) in [5.41, 5.74) is 7.24.